The van der Waals surface area contributed by atoms with Crippen molar-refractivity contribution in [1.82, 2.24) is 4.98 Å². The second-order valence-electron chi connectivity index (χ2n) is 5.08. The van der Waals surface area contributed by atoms with Gasteiger partial charge in [-0.1, -0.05) is 11.6 Å². The van der Waals surface area contributed by atoms with Crippen molar-refractivity contribution < 1.29 is 18.0 Å². The molecule has 1 N–H and O–H groups in total. The molecule has 9 heteroatoms. The van der Waals surface area contributed by atoms with Crippen LogP contribution in [0.3, 0.4) is 0 Å². The maximum Gasteiger partial charge on any atom is 0.416 e. The van der Waals surface area contributed by atoms with Crippen molar-refractivity contribution in [3.63, 3.8) is 0 Å². The molecule has 2 heterocycles. The van der Waals surface area contributed by atoms with Gasteiger partial charge in [-0.15, -0.1) is 11.3 Å². The number of hydrogen-bond donors (Lipinski definition) is 1. The molecule has 3 aromatic rings. The molecule has 0 aliphatic rings. The number of hydrogen-bond acceptors (Lipinski definition) is 4. The number of alkyl halides is 3. The number of rotatable bonds is 4. The molecule has 0 saturated heterocycles. The Kier molecular flexibility index (Phi) is 5.12. The van der Waals surface area contributed by atoms with E-state index in [0.29, 0.717) is 21.1 Å². The van der Waals surface area contributed by atoms with Gasteiger partial charge in [-0.25, -0.2) is 4.98 Å². The minimum atomic E-state index is -4.42. The van der Waals surface area contributed by atoms with Gasteiger partial charge in [0.2, 0.25) is 0 Å². The lowest BCUT2D eigenvalue weighted by Gasteiger charge is -2.09. The molecule has 1 aromatic carbocycles. The summed E-state index contributed by atoms with van der Waals surface area (Å²) in [5.74, 6) is -0.278. The van der Waals surface area contributed by atoms with E-state index >= 15 is 0 Å². The van der Waals surface area contributed by atoms with E-state index in [-0.39, 0.29) is 17.4 Å². The van der Waals surface area contributed by atoms with E-state index in [1.165, 1.54) is 34.9 Å². The van der Waals surface area contributed by atoms with Crippen LogP contribution >= 0.6 is 34.3 Å². The summed E-state index contributed by atoms with van der Waals surface area (Å²) in [6, 6.07) is 4.91. The molecule has 2 aromatic heterocycles. The first-order valence-corrected chi connectivity index (χ1v) is 9.10. The van der Waals surface area contributed by atoms with Crippen LogP contribution in [0.25, 0.3) is 0 Å². The Hall–Kier alpha value is -1.90. The second kappa shape index (κ2) is 7.15. The Labute approximate surface area is 154 Å². The molecule has 130 valence electrons. The number of carbonyl (C=O) groups excluding carboxylic acids is 1. The van der Waals surface area contributed by atoms with Crippen LogP contribution in [0.15, 0.2) is 41.2 Å². The zero-order chi connectivity index (χ0) is 18.0. The first-order valence-electron chi connectivity index (χ1n) is 6.97. The largest absolute Gasteiger partial charge is 0.416 e. The number of halogens is 4. The Balaban J connectivity index is 1.74. The van der Waals surface area contributed by atoms with Crippen LogP contribution in [-0.4, -0.2) is 10.9 Å². The minimum absolute atomic E-state index is 0.203. The maximum absolute atomic E-state index is 12.8. The van der Waals surface area contributed by atoms with Crippen molar-refractivity contribution in [2.45, 2.75) is 12.6 Å². The molecule has 25 heavy (non-hydrogen) atoms. The van der Waals surface area contributed by atoms with Gasteiger partial charge >= 0.3 is 6.18 Å². The van der Waals surface area contributed by atoms with E-state index in [1.807, 2.05) is 0 Å². The highest BCUT2D eigenvalue weighted by molar-refractivity contribution is 7.15. The highest BCUT2D eigenvalue weighted by Crippen LogP contribution is 2.33. The van der Waals surface area contributed by atoms with E-state index in [0.717, 1.165) is 12.1 Å². The number of thiazole rings is 1. The maximum atomic E-state index is 12.8. The molecule has 0 aliphatic heterocycles. The van der Waals surface area contributed by atoms with Crippen molar-refractivity contribution in [3.05, 3.63) is 67.8 Å². The molecule has 0 radical (unpaired) electrons. The lowest BCUT2D eigenvalue weighted by Crippen LogP contribution is -2.10. The number of anilines is 1. The standard InChI is InChI=1S/C16H10ClF3N2OS2/c17-13-2-1-11(16(18,19)20)5-10(13)6-12-7-21-15(25-12)22-14(23)9-3-4-24-8-9/h1-5,7-8H,6H2,(H,21,22,23). The Morgan fingerprint density at radius 2 is 2.08 bits per heavy atom. The summed E-state index contributed by atoms with van der Waals surface area (Å²) in [5.41, 5.74) is 0.140. The quantitative estimate of drug-likeness (QED) is 0.606. The molecule has 0 bridgehead atoms. The average molecular weight is 403 g/mol. The van der Waals surface area contributed by atoms with Crippen LogP contribution in [-0.2, 0) is 12.6 Å². The predicted octanol–water partition coefficient (Wildman–Crippen LogP) is 5.72. The monoisotopic (exact) mass is 402 g/mol. The van der Waals surface area contributed by atoms with Gasteiger partial charge in [-0.05, 0) is 35.2 Å². The Morgan fingerprint density at radius 1 is 1.28 bits per heavy atom. The van der Waals surface area contributed by atoms with E-state index in [9.17, 15) is 18.0 Å². The average Bonchev–Trinajstić information content (AvgIpc) is 3.20. The van der Waals surface area contributed by atoms with Gasteiger partial charge in [0.25, 0.3) is 5.91 Å². The fourth-order valence-corrected chi connectivity index (χ4v) is 3.74. The first kappa shape index (κ1) is 17.9. The third-order valence-corrected chi connectivity index (χ3v) is 5.26. The van der Waals surface area contributed by atoms with E-state index in [2.05, 4.69) is 10.3 Å². The normalized spacial score (nSPS) is 11.5. The van der Waals surface area contributed by atoms with Gasteiger partial charge in [-0.2, -0.15) is 24.5 Å². The van der Waals surface area contributed by atoms with Crippen LogP contribution in [0, 0.1) is 0 Å². The third-order valence-electron chi connectivity index (χ3n) is 3.30. The summed E-state index contributed by atoms with van der Waals surface area (Å²) in [5, 5.41) is 6.81. The lowest BCUT2D eigenvalue weighted by molar-refractivity contribution is -0.137. The SMILES string of the molecule is O=C(Nc1ncc(Cc2cc(C(F)(F)F)ccc2Cl)s1)c1ccsc1. The zero-order valence-corrected chi connectivity index (χ0v) is 14.8. The second-order valence-corrected chi connectivity index (χ2v) is 7.38. The summed E-state index contributed by atoms with van der Waals surface area (Å²) >= 11 is 8.60. The molecule has 1 amide bonds. The van der Waals surface area contributed by atoms with E-state index in [4.69, 9.17) is 11.6 Å². The Bertz CT molecular complexity index is 891. The molecule has 3 nitrogen and oxygen atoms in total. The van der Waals surface area contributed by atoms with Crippen LogP contribution in [0.1, 0.15) is 26.4 Å². The highest BCUT2D eigenvalue weighted by atomic mass is 35.5. The summed E-state index contributed by atoms with van der Waals surface area (Å²) in [6.07, 6.45) is -2.70. The minimum Gasteiger partial charge on any atom is -0.298 e. The molecule has 0 aliphatic carbocycles. The van der Waals surface area contributed by atoms with Gasteiger partial charge < -0.3 is 0 Å². The van der Waals surface area contributed by atoms with Crippen LogP contribution in [0.5, 0.6) is 0 Å². The number of benzene rings is 1. The van der Waals surface area contributed by atoms with E-state index in [1.54, 1.807) is 16.8 Å². The van der Waals surface area contributed by atoms with Gasteiger partial charge in [0, 0.05) is 27.9 Å². The summed E-state index contributed by atoms with van der Waals surface area (Å²) in [4.78, 5) is 16.8. The van der Waals surface area contributed by atoms with Crippen molar-refractivity contribution in [3.8, 4) is 0 Å². The molecule has 0 spiro atoms. The zero-order valence-electron chi connectivity index (χ0n) is 12.4. The Morgan fingerprint density at radius 3 is 2.76 bits per heavy atom. The van der Waals surface area contributed by atoms with Gasteiger partial charge in [0.1, 0.15) is 0 Å². The predicted molar refractivity (Wildman–Crippen MR) is 93.6 cm³/mol. The number of nitrogens with one attached hydrogen (secondary N) is 1. The van der Waals surface area contributed by atoms with Crippen molar-refractivity contribution >= 4 is 45.3 Å². The molecule has 3 rings (SSSR count). The first-order chi connectivity index (χ1) is 11.8. The van der Waals surface area contributed by atoms with Crippen LogP contribution in [0.4, 0.5) is 18.3 Å². The van der Waals surface area contributed by atoms with E-state index < -0.39 is 11.7 Å². The van der Waals surface area contributed by atoms with Gasteiger partial charge in [0.05, 0.1) is 11.1 Å². The lowest BCUT2D eigenvalue weighted by atomic mass is 10.1. The molecular formula is C16H10ClF3N2OS2. The molecule has 0 saturated carbocycles. The van der Waals surface area contributed by atoms with Crippen molar-refractivity contribution in [2.24, 2.45) is 0 Å². The fraction of sp³-hybridized carbons (Fsp3) is 0.125. The number of aromatic nitrogens is 1. The van der Waals surface area contributed by atoms with Crippen molar-refractivity contribution in [2.75, 3.05) is 5.32 Å². The van der Waals surface area contributed by atoms with Crippen molar-refractivity contribution in [1.29, 1.82) is 0 Å². The van der Waals surface area contributed by atoms with Crippen LogP contribution in [0.2, 0.25) is 5.02 Å². The number of nitrogens with zero attached hydrogens (tertiary/aromatic N) is 1. The topological polar surface area (TPSA) is 42.0 Å². The van der Waals surface area contributed by atoms with Gasteiger partial charge in [-0.3, -0.25) is 10.1 Å². The highest BCUT2D eigenvalue weighted by Gasteiger charge is 2.30. The van der Waals surface area contributed by atoms with Crippen LogP contribution < -0.4 is 5.32 Å². The number of amides is 1. The van der Waals surface area contributed by atoms with Gasteiger partial charge in [0.15, 0.2) is 5.13 Å². The third kappa shape index (κ3) is 4.39. The number of carbonyl (C=O) groups is 1. The number of thiophene rings is 1. The molecular weight excluding hydrogens is 393 g/mol. The molecule has 0 atom stereocenters. The smallest absolute Gasteiger partial charge is 0.298 e. The summed E-state index contributed by atoms with van der Waals surface area (Å²) in [6.45, 7) is 0. The molecule has 0 unspecified atom stereocenters. The molecule has 0 fully saturated rings. The summed E-state index contributed by atoms with van der Waals surface area (Å²) < 4.78 is 38.5. The fourth-order valence-electron chi connectivity index (χ4n) is 2.08. The summed E-state index contributed by atoms with van der Waals surface area (Å²) in [7, 11) is 0.